The maximum atomic E-state index is 14.5. The molecule has 1 atom stereocenters. The summed E-state index contributed by atoms with van der Waals surface area (Å²) in [6, 6.07) is 17.4. The molecule has 44 heavy (non-hydrogen) atoms. The standard InChI is InChI=1S/C32H30BrN9O2/c1-19-12-22(10-11-25(19)33)31(43)40-17-27-24(13-20(40)2)32(44)41(28-15-26(39(4)37-28)29-36-34-18-38(29)3)30-23(16-35-42(27)30)14-21-8-6-5-7-9-21/h5-12,15-16,18,20H,13-14,17H2,1-4H3/t20-/m1/s1. The van der Waals surface area contributed by atoms with Gasteiger partial charge in [0.15, 0.2) is 11.6 Å². The fraction of sp³-hybridized carbons (Fsp3) is 0.250. The van der Waals surface area contributed by atoms with Gasteiger partial charge >= 0.3 is 0 Å². The molecule has 1 aliphatic rings. The zero-order valence-electron chi connectivity index (χ0n) is 24.8. The third-order valence-electron chi connectivity index (χ3n) is 8.39. The van der Waals surface area contributed by atoms with Crippen molar-refractivity contribution in [2.24, 2.45) is 14.1 Å². The van der Waals surface area contributed by atoms with Crippen LogP contribution in [0.4, 0.5) is 0 Å². The number of carbonyl (C=O) groups excluding carboxylic acids is 1. The second-order valence-electron chi connectivity index (χ2n) is 11.4. The Morgan fingerprint density at radius 1 is 1.09 bits per heavy atom. The van der Waals surface area contributed by atoms with Crippen LogP contribution in [-0.4, -0.2) is 55.6 Å². The van der Waals surface area contributed by atoms with Gasteiger partial charge in [0, 0.05) is 53.8 Å². The highest BCUT2D eigenvalue weighted by molar-refractivity contribution is 9.10. The number of benzene rings is 2. The second-order valence-corrected chi connectivity index (χ2v) is 12.2. The molecule has 0 spiro atoms. The van der Waals surface area contributed by atoms with Crippen molar-refractivity contribution in [1.82, 2.24) is 43.6 Å². The van der Waals surface area contributed by atoms with Gasteiger partial charge in [0.2, 0.25) is 0 Å². The zero-order valence-corrected chi connectivity index (χ0v) is 26.4. The Labute approximate surface area is 261 Å². The summed E-state index contributed by atoms with van der Waals surface area (Å²) in [6.07, 6.45) is 4.41. The number of fused-ring (bicyclic) bond motifs is 3. The molecule has 7 rings (SSSR count). The highest BCUT2D eigenvalue weighted by Crippen LogP contribution is 2.29. The first-order chi connectivity index (χ1) is 21.2. The monoisotopic (exact) mass is 651 g/mol. The molecular weight excluding hydrogens is 622 g/mol. The average molecular weight is 653 g/mol. The van der Waals surface area contributed by atoms with E-state index in [2.05, 4.69) is 38.3 Å². The minimum absolute atomic E-state index is 0.0780. The normalized spacial score (nSPS) is 14.8. The molecule has 0 bridgehead atoms. The second kappa shape index (κ2) is 10.7. The minimum Gasteiger partial charge on any atom is -0.330 e. The molecule has 0 radical (unpaired) electrons. The molecule has 0 saturated heterocycles. The summed E-state index contributed by atoms with van der Waals surface area (Å²) in [5.41, 5.74) is 6.09. The molecule has 1 amide bonds. The molecule has 11 nitrogen and oxygen atoms in total. The number of amides is 1. The summed E-state index contributed by atoms with van der Waals surface area (Å²) in [5, 5.41) is 17.9. The summed E-state index contributed by atoms with van der Waals surface area (Å²) in [7, 11) is 3.69. The van der Waals surface area contributed by atoms with E-state index in [1.807, 2.05) is 90.6 Å². The Kier molecular flexibility index (Phi) is 6.80. The quantitative estimate of drug-likeness (QED) is 0.276. The van der Waals surface area contributed by atoms with Crippen LogP contribution in [0.2, 0.25) is 0 Å². The topological polar surface area (TPSA) is 108 Å². The van der Waals surface area contributed by atoms with E-state index in [-0.39, 0.29) is 24.1 Å². The smallest absolute Gasteiger partial charge is 0.263 e. The first-order valence-electron chi connectivity index (χ1n) is 14.3. The van der Waals surface area contributed by atoms with Crippen molar-refractivity contribution in [2.45, 2.75) is 39.3 Å². The molecular formula is C32H30BrN9O2. The third kappa shape index (κ3) is 4.57. The van der Waals surface area contributed by atoms with Crippen LogP contribution in [0, 0.1) is 6.92 Å². The van der Waals surface area contributed by atoms with Gasteiger partial charge in [0.25, 0.3) is 11.5 Å². The SMILES string of the molecule is Cc1cc(C(=O)N2Cc3c(c(=O)n(-c4cc(-c5nncn5C)n(C)n4)c4c(Cc5ccccc5)cnn34)C[C@H]2C)ccc1Br. The maximum Gasteiger partial charge on any atom is 0.263 e. The predicted molar refractivity (Wildman–Crippen MR) is 169 cm³/mol. The van der Waals surface area contributed by atoms with Gasteiger partial charge in [-0.3, -0.25) is 14.3 Å². The first kappa shape index (κ1) is 28.0. The largest absolute Gasteiger partial charge is 0.330 e. The molecule has 0 fully saturated rings. The van der Waals surface area contributed by atoms with E-state index >= 15 is 0 Å². The van der Waals surface area contributed by atoms with Crippen LogP contribution in [0.1, 0.15) is 45.2 Å². The highest BCUT2D eigenvalue weighted by Gasteiger charge is 2.34. The summed E-state index contributed by atoms with van der Waals surface area (Å²) in [5.74, 6) is 1.03. The third-order valence-corrected chi connectivity index (χ3v) is 9.28. The average Bonchev–Trinajstić information content (AvgIpc) is 3.73. The van der Waals surface area contributed by atoms with Crippen LogP contribution in [0.25, 0.3) is 23.0 Å². The molecule has 222 valence electrons. The molecule has 0 N–H and O–H groups in total. The molecule has 2 aromatic carbocycles. The number of aryl methyl sites for hydroxylation is 3. The molecule has 0 saturated carbocycles. The van der Waals surface area contributed by atoms with Gasteiger partial charge in [0.1, 0.15) is 17.7 Å². The summed E-state index contributed by atoms with van der Waals surface area (Å²) < 4.78 is 7.95. The van der Waals surface area contributed by atoms with Gasteiger partial charge in [-0.2, -0.15) is 10.2 Å². The Bertz CT molecular complexity index is 2120. The van der Waals surface area contributed by atoms with E-state index in [0.717, 1.165) is 26.9 Å². The van der Waals surface area contributed by atoms with Gasteiger partial charge in [-0.15, -0.1) is 10.2 Å². The molecule has 4 aromatic heterocycles. The lowest BCUT2D eigenvalue weighted by Crippen LogP contribution is -2.46. The molecule has 12 heteroatoms. The van der Waals surface area contributed by atoms with Gasteiger partial charge in [-0.05, 0) is 49.6 Å². The zero-order chi connectivity index (χ0) is 30.7. The number of aromatic nitrogens is 8. The molecule has 6 aromatic rings. The van der Waals surface area contributed by atoms with Gasteiger partial charge in [-0.1, -0.05) is 46.3 Å². The van der Waals surface area contributed by atoms with Crippen LogP contribution in [0.3, 0.4) is 0 Å². The van der Waals surface area contributed by atoms with Gasteiger partial charge < -0.3 is 9.47 Å². The lowest BCUT2D eigenvalue weighted by atomic mass is 9.98. The molecule has 0 aliphatic carbocycles. The van der Waals surface area contributed by atoms with E-state index in [1.54, 1.807) is 15.6 Å². The summed E-state index contributed by atoms with van der Waals surface area (Å²) in [4.78, 5) is 30.1. The van der Waals surface area contributed by atoms with E-state index < -0.39 is 0 Å². The number of carbonyl (C=O) groups is 1. The van der Waals surface area contributed by atoms with Crippen molar-refractivity contribution in [3.05, 3.63) is 115 Å². The van der Waals surface area contributed by atoms with E-state index in [0.29, 0.717) is 47.0 Å². The van der Waals surface area contributed by atoms with Crippen molar-refractivity contribution in [3.63, 3.8) is 0 Å². The van der Waals surface area contributed by atoms with Crippen LogP contribution in [0.15, 0.2) is 76.4 Å². The van der Waals surface area contributed by atoms with Gasteiger partial charge in [0.05, 0.1) is 18.4 Å². The van der Waals surface area contributed by atoms with E-state index in [1.165, 1.54) is 0 Å². The van der Waals surface area contributed by atoms with Gasteiger partial charge in [-0.25, -0.2) is 9.08 Å². The van der Waals surface area contributed by atoms with Crippen LogP contribution in [0.5, 0.6) is 0 Å². The fourth-order valence-electron chi connectivity index (χ4n) is 6.04. The van der Waals surface area contributed by atoms with Crippen molar-refractivity contribution in [3.8, 4) is 17.3 Å². The number of hydrogen-bond donors (Lipinski definition) is 0. The lowest BCUT2D eigenvalue weighted by Gasteiger charge is -2.35. The van der Waals surface area contributed by atoms with Crippen molar-refractivity contribution in [1.29, 1.82) is 0 Å². The number of rotatable bonds is 5. The van der Waals surface area contributed by atoms with Crippen LogP contribution in [-0.2, 0) is 33.5 Å². The Hall–Kier alpha value is -4.84. The molecule has 0 unspecified atom stereocenters. The van der Waals surface area contributed by atoms with Crippen molar-refractivity contribution in [2.75, 3.05) is 0 Å². The van der Waals surface area contributed by atoms with E-state index in [4.69, 9.17) is 10.2 Å². The molecule has 5 heterocycles. The highest BCUT2D eigenvalue weighted by atomic mass is 79.9. The Balaban J connectivity index is 1.41. The minimum atomic E-state index is -0.199. The predicted octanol–water partition coefficient (Wildman–Crippen LogP) is 4.26. The lowest BCUT2D eigenvalue weighted by molar-refractivity contribution is 0.0651. The van der Waals surface area contributed by atoms with Crippen molar-refractivity contribution >= 4 is 27.5 Å². The Morgan fingerprint density at radius 3 is 2.61 bits per heavy atom. The van der Waals surface area contributed by atoms with E-state index in [9.17, 15) is 9.59 Å². The number of nitrogens with zero attached hydrogens (tertiary/aromatic N) is 9. The first-order valence-corrected chi connectivity index (χ1v) is 15.1. The maximum absolute atomic E-state index is 14.5. The van der Waals surface area contributed by atoms with Crippen LogP contribution >= 0.6 is 15.9 Å². The summed E-state index contributed by atoms with van der Waals surface area (Å²) in [6.45, 7) is 4.21. The summed E-state index contributed by atoms with van der Waals surface area (Å²) >= 11 is 3.53. The number of hydrogen-bond acceptors (Lipinski definition) is 6. The van der Waals surface area contributed by atoms with Crippen molar-refractivity contribution < 1.29 is 4.79 Å². The number of halogens is 1. The Morgan fingerprint density at radius 2 is 1.89 bits per heavy atom. The molecule has 1 aliphatic heterocycles. The van der Waals surface area contributed by atoms with Crippen LogP contribution < -0.4 is 5.56 Å². The fourth-order valence-corrected chi connectivity index (χ4v) is 6.29.